The van der Waals surface area contributed by atoms with E-state index in [1.807, 2.05) is 30.3 Å². The van der Waals surface area contributed by atoms with Crippen LogP contribution in [0.1, 0.15) is 18.1 Å². The fourth-order valence-corrected chi connectivity index (χ4v) is 3.53. The van der Waals surface area contributed by atoms with Crippen LogP contribution < -0.4 is 4.31 Å². The number of benzene rings is 2. The lowest BCUT2D eigenvalue weighted by atomic mass is 10.1. The number of para-hydroxylation sites is 1. The first kappa shape index (κ1) is 17.0. The molecule has 0 N–H and O–H groups in total. The molecule has 1 aliphatic heterocycles. The van der Waals surface area contributed by atoms with Crippen LogP contribution in [0.25, 0.3) is 11.8 Å². The van der Waals surface area contributed by atoms with Gasteiger partial charge >= 0.3 is 5.97 Å². The van der Waals surface area contributed by atoms with E-state index in [9.17, 15) is 13.2 Å². The summed E-state index contributed by atoms with van der Waals surface area (Å²) in [4.78, 5) is 12.4. The first-order chi connectivity index (χ1) is 11.9. The maximum absolute atomic E-state index is 12.4. The zero-order valence-corrected chi connectivity index (χ0v) is 14.7. The highest BCUT2D eigenvalue weighted by Gasteiger charge is 2.29. The maximum Gasteiger partial charge on any atom is 0.339 e. The normalized spacial score (nSPS) is 16.0. The first-order valence-electron chi connectivity index (χ1n) is 7.64. The van der Waals surface area contributed by atoms with Crippen LogP contribution in [0.5, 0.6) is 0 Å². The average Bonchev–Trinajstić information content (AvgIpc) is 2.60. The molecule has 0 amide bonds. The Balaban J connectivity index is 1.92. The summed E-state index contributed by atoms with van der Waals surface area (Å²) in [5.74, 6) is -0.566. The molecule has 128 valence electrons. The lowest BCUT2D eigenvalue weighted by molar-refractivity contribution is -0.132. The summed E-state index contributed by atoms with van der Waals surface area (Å²) in [5.41, 5.74) is 2.27. The van der Waals surface area contributed by atoms with E-state index in [0.717, 1.165) is 15.3 Å². The van der Waals surface area contributed by atoms with Crippen LogP contribution in [-0.4, -0.2) is 21.4 Å². The van der Waals surface area contributed by atoms with E-state index in [4.69, 9.17) is 4.74 Å². The Bertz CT molecular complexity index is 975. The molecule has 5 nitrogen and oxygen atoms in total. The van der Waals surface area contributed by atoms with Crippen molar-refractivity contribution in [2.45, 2.75) is 6.92 Å². The fourth-order valence-electron chi connectivity index (χ4n) is 2.49. The molecule has 0 saturated carbocycles. The van der Waals surface area contributed by atoms with Crippen molar-refractivity contribution in [3.8, 4) is 0 Å². The van der Waals surface area contributed by atoms with Gasteiger partial charge in [-0.1, -0.05) is 42.5 Å². The second-order valence-electron chi connectivity index (χ2n) is 5.64. The topological polar surface area (TPSA) is 63.7 Å². The van der Waals surface area contributed by atoms with Crippen molar-refractivity contribution in [2.75, 3.05) is 11.4 Å². The van der Waals surface area contributed by atoms with Crippen molar-refractivity contribution >= 4 is 33.5 Å². The summed E-state index contributed by atoms with van der Waals surface area (Å²) >= 11 is 0. The summed E-state index contributed by atoms with van der Waals surface area (Å²) < 4.78 is 31.0. The van der Waals surface area contributed by atoms with Gasteiger partial charge in [-0.3, -0.25) is 4.31 Å². The fraction of sp³-hybridized carbons (Fsp3) is 0.105. The first-order valence-corrected chi connectivity index (χ1v) is 9.14. The average molecular weight is 355 g/mol. The van der Waals surface area contributed by atoms with E-state index in [-0.39, 0.29) is 5.76 Å². The Hall–Kier alpha value is -2.86. The lowest BCUT2D eigenvalue weighted by Crippen LogP contribution is -2.29. The summed E-state index contributed by atoms with van der Waals surface area (Å²) in [5, 5.41) is 0.975. The minimum Gasteiger partial charge on any atom is -0.422 e. The van der Waals surface area contributed by atoms with E-state index in [0.29, 0.717) is 16.8 Å². The summed E-state index contributed by atoms with van der Waals surface area (Å²) in [7, 11) is -2.22. The number of esters is 1. The molecule has 0 saturated heterocycles. The molecular formula is C19H17NO4S. The molecule has 1 heterocycles. The lowest BCUT2D eigenvalue weighted by Gasteiger charge is -2.26. The zero-order chi connectivity index (χ0) is 18.0. The second-order valence-corrected chi connectivity index (χ2v) is 7.45. The van der Waals surface area contributed by atoms with Crippen LogP contribution >= 0.6 is 0 Å². The molecule has 2 aromatic rings. The van der Waals surface area contributed by atoms with Gasteiger partial charge in [0.05, 0.1) is 11.1 Å². The number of nitrogens with zero attached hydrogens (tertiary/aromatic N) is 1. The minimum absolute atomic E-state index is 0.0273. The van der Waals surface area contributed by atoms with E-state index in [1.54, 1.807) is 37.3 Å². The third kappa shape index (κ3) is 3.49. The molecule has 0 fully saturated rings. The largest absolute Gasteiger partial charge is 0.422 e. The van der Waals surface area contributed by atoms with Crippen molar-refractivity contribution in [2.24, 2.45) is 0 Å². The molecule has 0 bridgehead atoms. The SMILES string of the molecule is C/C(=C\c1ccccc1)C(=O)OC1=CS(=O)(=O)N(C)c2ccccc21. The number of hydrogen-bond donors (Lipinski definition) is 0. The van der Waals surface area contributed by atoms with E-state index in [2.05, 4.69) is 0 Å². The van der Waals surface area contributed by atoms with Crippen molar-refractivity contribution in [3.05, 3.63) is 76.7 Å². The van der Waals surface area contributed by atoms with Gasteiger partial charge in [0.2, 0.25) is 0 Å². The molecule has 0 atom stereocenters. The number of carbonyl (C=O) groups excluding carboxylic acids is 1. The Morgan fingerprint density at radius 1 is 1.04 bits per heavy atom. The quantitative estimate of drug-likeness (QED) is 0.625. The number of rotatable bonds is 3. The van der Waals surface area contributed by atoms with Crippen molar-refractivity contribution in [3.63, 3.8) is 0 Å². The van der Waals surface area contributed by atoms with E-state index >= 15 is 0 Å². The van der Waals surface area contributed by atoms with Crippen LogP contribution in [0.15, 0.2) is 65.6 Å². The molecule has 6 heteroatoms. The van der Waals surface area contributed by atoms with E-state index < -0.39 is 16.0 Å². The molecule has 0 unspecified atom stereocenters. The number of anilines is 1. The Labute approximate surface area is 146 Å². The van der Waals surface area contributed by atoms with Crippen LogP contribution in [0.3, 0.4) is 0 Å². The van der Waals surface area contributed by atoms with Crippen molar-refractivity contribution in [1.82, 2.24) is 0 Å². The molecular weight excluding hydrogens is 338 g/mol. The van der Waals surface area contributed by atoms with Crippen molar-refractivity contribution < 1.29 is 17.9 Å². The third-order valence-corrected chi connectivity index (χ3v) is 5.33. The summed E-state index contributed by atoms with van der Waals surface area (Å²) in [6.07, 6.45) is 1.69. The van der Waals surface area contributed by atoms with Crippen LogP contribution in [0.2, 0.25) is 0 Å². The van der Waals surface area contributed by atoms with E-state index in [1.165, 1.54) is 7.05 Å². The smallest absolute Gasteiger partial charge is 0.339 e. The molecule has 1 aliphatic rings. The Morgan fingerprint density at radius 3 is 2.40 bits per heavy atom. The predicted molar refractivity (Wildman–Crippen MR) is 97.9 cm³/mol. The van der Waals surface area contributed by atoms with Gasteiger partial charge in [-0.15, -0.1) is 0 Å². The summed E-state index contributed by atoms with van der Waals surface area (Å²) in [6.45, 7) is 1.63. The van der Waals surface area contributed by atoms with Gasteiger partial charge in [-0.2, -0.15) is 0 Å². The van der Waals surface area contributed by atoms with Gasteiger partial charge in [0.15, 0.2) is 5.76 Å². The van der Waals surface area contributed by atoms with Gasteiger partial charge in [-0.25, -0.2) is 13.2 Å². The van der Waals surface area contributed by atoms with Gasteiger partial charge in [0, 0.05) is 18.2 Å². The van der Waals surface area contributed by atoms with Crippen LogP contribution in [0, 0.1) is 0 Å². The van der Waals surface area contributed by atoms with Crippen molar-refractivity contribution in [1.29, 1.82) is 0 Å². The highest BCUT2D eigenvalue weighted by atomic mass is 32.2. The van der Waals surface area contributed by atoms with Crippen LogP contribution in [-0.2, 0) is 19.6 Å². The van der Waals surface area contributed by atoms with Gasteiger partial charge in [0.25, 0.3) is 10.0 Å². The molecule has 0 radical (unpaired) electrons. The maximum atomic E-state index is 12.4. The Morgan fingerprint density at radius 2 is 1.68 bits per heavy atom. The second kappa shape index (κ2) is 6.57. The number of ether oxygens (including phenoxy) is 1. The molecule has 0 spiro atoms. The zero-order valence-electron chi connectivity index (χ0n) is 13.8. The highest BCUT2D eigenvalue weighted by Crippen LogP contribution is 2.35. The molecule has 3 rings (SSSR count). The van der Waals surface area contributed by atoms with Crippen LogP contribution in [0.4, 0.5) is 5.69 Å². The number of sulfonamides is 1. The molecule has 0 aromatic heterocycles. The third-order valence-electron chi connectivity index (χ3n) is 3.85. The predicted octanol–water partition coefficient (Wildman–Crippen LogP) is 3.41. The molecule has 25 heavy (non-hydrogen) atoms. The minimum atomic E-state index is -3.68. The standard InChI is InChI=1S/C19H17NO4S/c1-14(12-15-8-4-3-5-9-15)19(21)24-18-13-25(22,23)20(2)17-11-7-6-10-16(17)18/h3-13H,1-2H3/b14-12+. The summed E-state index contributed by atoms with van der Waals surface area (Å²) in [6, 6.07) is 16.2. The number of fused-ring (bicyclic) bond motifs is 1. The van der Waals surface area contributed by atoms with Gasteiger partial charge in [-0.05, 0) is 30.7 Å². The number of carbonyl (C=O) groups is 1. The highest BCUT2D eigenvalue weighted by molar-refractivity contribution is 7.95. The van der Waals surface area contributed by atoms with Gasteiger partial charge in [0.1, 0.15) is 0 Å². The molecule has 0 aliphatic carbocycles. The monoisotopic (exact) mass is 355 g/mol. The Kier molecular flexibility index (Phi) is 4.46. The molecule has 2 aromatic carbocycles. The number of hydrogen-bond acceptors (Lipinski definition) is 4. The van der Waals surface area contributed by atoms with Gasteiger partial charge < -0.3 is 4.74 Å².